The van der Waals surface area contributed by atoms with Crippen LogP contribution in [0.3, 0.4) is 0 Å². The number of aromatic nitrogens is 2. The van der Waals surface area contributed by atoms with Crippen LogP contribution in [0.4, 0.5) is 5.82 Å². The first-order valence-corrected chi connectivity index (χ1v) is 7.36. The predicted molar refractivity (Wildman–Crippen MR) is 82.8 cm³/mol. The van der Waals surface area contributed by atoms with Gasteiger partial charge in [-0.1, -0.05) is 6.92 Å². The van der Waals surface area contributed by atoms with E-state index in [0.717, 1.165) is 4.57 Å². The minimum absolute atomic E-state index is 0.275. The summed E-state index contributed by atoms with van der Waals surface area (Å²) >= 11 is 0. The van der Waals surface area contributed by atoms with Gasteiger partial charge in [0.15, 0.2) is 0 Å². The molecule has 0 saturated heterocycles. The van der Waals surface area contributed by atoms with Crippen molar-refractivity contribution in [3.63, 3.8) is 0 Å². The first-order chi connectivity index (χ1) is 10.3. The van der Waals surface area contributed by atoms with Crippen LogP contribution >= 0.6 is 0 Å². The summed E-state index contributed by atoms with van der Waals surface area (Å²) in [6.45, 7) is 5.65. The van der Waals surface area contributed by atoms with Crippen molar-refractivity contribution < 1.29 is 9.53 Å². The lowest BCUT2D eigenvalue weighted by Gasteiger charge is -2.30. The molecule has 0 saturated carbocycles. The van der Waals surface area contributed by atoms with Crippen LogP contribution in [0.15, 0.2) is 14.6 Å². The van der Waals surface area contributed by atoms with Gasteiger partial charge >= 0.3 is 11.7 Å². The van der Waals surface area contributed by atoms with Crippen LogP contribution < -0.4 is 11.2 Å². The molecule has 1 aromatic rings. The zero-order valence-electron chi connectivity index (χ0n) is 13.5. The molecular weight excluding hydrogens is 286 g/mol. The van der Waals surface area contributed by atoms with Crippen molar-refractivity contribution in [2.45, 2.75) is 33.1 Å². The van der Waals surface area contributed by atoms with E-state index < -0.39 is 17.2 Å². The molecule has 0 fully saturated rings. The number of rotatable bonds is 3. The van der Waals surface area contributed by atoms with Gasteiger partial charge in [-0.05, 0) is 20.3 Å². The lowest BCUT2D eigenvalue weighted by Crippen LogP contribution is -2.44. The quantitative estimate of drug-likeness (QED) is 0.776. The molecule has 0 aromatic carbocycles. The maximum Gasteiger partial charge on any atom is 0.332 e. The Morgan fingerprint density at radius 3 is 2.41 bits per heavy atom. The Labute approximate surface area is 128 Å². The summed E-state index contributed by atoms with van der Waals surface area (Å²) in [5, 5.41) is 0. The first-order valence-electron chi connectivity index (χ1n) is 7.36. The van der Waals surface area contributed by atoms with Crippen LogP contribution in [-0.2, 0) is 23.6 Å². The maximum absolute atomic E-state index is 12.5. The van der Waals surface area contributed by atoms with Crippen molar-refractivity contribution >= 4 is 17.5 Å². The number of fused-ring (bicyclic) bond motifs is 1. The second kappa shape index (κ2) is 5.90. The monoisotopic (exact) mass is 307 g/mol. The smallest absolute Gasteiger partial charge is 0.332 e. The molecule has 2 rings (SSSR count). The van der Waals surface area contributed by atoms with Gasteiger partial charge < -0.3 is 4.74 Å². The summed E-state index contributed by atoms with van der Waals surface area (Å²) in [4.78, 5) is 41.2. The molecule has 1 aromatic heterocycles. The third-order valence-electron chi connectivity index (χ3n) is 4.15. The molecule has 22 heavy (non-hydrogen) atoms. The fourth-order valence-corrected chi connectivity index (χ4v) is 3.02. The Morgan fingerprint density at radius 2 is 1.86 bits per heavy atom. The Hall–Kier alpha value is -2.18. The molecule has 0 aliphatic carbocycles. The molecular formula is C15H21N3O4. The predicted octanol–water partition coefficient (Wildman–Crippen LogP) is 0.863. The van der Waals surface area contributed by atoms with Gasteiger partial charge in [0, 0.05) is 25.7 Å². The Kier molecular flexibility index (Phi) is 4.35. The van der Waals surface area contributed by atoms with Gasteiger partial charge in [-0.3, -0.25) is 18.7 Å². The minimum atomic E-state index is -0.581. The molecule has 2 unspecified atom stereocenters. The number of ether oxygens (including phenoxy) is 1. The lowest BCUT2D eigenvalue weighted by atomic mass is 9.80. The van der Waals surface area contributed by atoms with E-state index in [0.29, 0.717) is 23.5 Å². The number of hydrogen-bond donors (Lipinski definition) is 0. The molecule has 1 aliphatic heterocycles. The molecule has 0 radical (unpaired) electrons. The number of hydrogen-bond acceptors (Lipinski definition) is 5. The van der Waals surface area contributed by atoms with Gasteiger partial charge in [0.25, 0.3) is 5.56 Å². The van der Waals surface area contributed by atoms with Crippen molar-refractivity contribution in [2.24, 2.45) is 25.0 Å². The molecule has 2 atom stereocenters. The summed E-state index contributed by atoms with van der Waals surface area (Å²) in [6, 6.07) is 0. The largest absolute Gasteiger partial charge is 0.465 e. The zero-order chi connectivity index (χ0) is 16.6. The van der Waals surface area contributed by atoms with Gasteiger partial charge in [0.05, 0.1) is 12.2 Å². The van der Waals surface area contributed by atoms with Crippen LogP contribution in [0.2, 0.25) is 0 Å². The van der Waals surface area contributed by atoms with E-state index in [9.17, 15) is 14.4 Å². The number of aliphatic imine (C=N–C) groups is 1. The molecule has 0 spiro atoms. The van der Waals surface area contributed by atoms with Crippen LogP contribution in [0.5, 0.6) is 0 Å². The second-order valence-electron chi connectivity index (χ2n) is 5.44. The number of carbonyl (C=O) groups excluding carboxylic acids is 1. The highest BCUT2D eigenvalue weighted by Gasteiger charge is 2.39. The molecule has 0 bridgehead atoms. The normalized spacial score (nSPS) is 20.3. The van der Waals surface area contributed by atoms with Crippen LogP contribution in [0.1, 0.15) is 38.7 Å². The van der Waals surface area contributed by atoms with E-state index in [1.165, 1.54) is 11.6 Å². The van der Waals surface area contributed by atoms with E-state index in [-0.39, 0.29) is 18.5 Å². The highest BCUT2D eigenvalue weighted by atomic mass is 16.5. The van der Waals surface area contributed by atoms with Gasteiger partial charge in [0.1, 0.15) is 11.7 Å². The van der Waals surface area contributed by atoms with Crippen molar-refractivity contribution in [3.8, 4) is 0 Å². The minimum Gasteiger partial charge on any atom is -0.465 e. The fourth-order valence-electron chi connectivity index (χ4n) is 3.02. The summed E-state index contributed by atoms with van der Waals surface area (Å²) in [5.74, 6) is -0.949. The molecule has 2 heterocycles. The van der Waals surface area contributed by atoms with Crippen LogP contribution in [-0.4, -0.2) is 27.4 Å². The standard InChI is InChI=1S/C15H21N3O4/c1-6-9-10(14(20)22-7-2)8(3)16-12-11(9)13(19)18(5)15(21)17(12)4/h9-10H,6-7H2,1-5H3. The van der Waals surface area contributed by atoms with Crippen molar-refractivity contribution in [3.05, 3.63) is 26.4 Å². The summed E-state index contributed by atoms with van der Waals surface area (Å²) in [5.41, 5.74) is 0.164. The highest BCUT2D eigenvalue weighted by molar-refractivity contribution is 6.04. The molecule has 0 amide bonds. The first kappa shape index (κ1) is 16.2. The van der Waals surface area contributed by atoms with E-state index in [1.54, 1.807) is 20.9 Å². The molecule has 7 heteroatoms. The highest BCUT2D eigenvalue weighted by Crippen LogP contribution is 2.37. The Bertz CT molecular complexity index is 757. The molecule has 1 aliphatic rings. The average Bonchev–Trinajstić information content (AvgIpc) is 2.49. The second-order valence-corrected chi connectivity index (χ2v) is 5.44. The van der Waals surface area contributed by atoms with E-state index in [1.807, 2.05) is 6.92 Å². The average molecular weight is 307 g/mol. The Balaban J connectivity index is 2.75. The van der Waals surface area contributed by atoms with Gasteiger partial charge in [-0.25, -0.2) is 9.79 Å². The number of esters is 1. The van der Waals surface area contributed by atoms with Gasteiger partial charge in [-0.2, -0.15) is 0 Å². The number of nitrogens with zero attached hydrogens (tertiary/aromatic N) is 3. The van der Waals surface area contributed by atoms with Crippen molar-refractivity contribution in [1.82, 2.24) is 9.13 Å². The van der Waals surface area contributed by atoms with Crippen LogP contribution in [0, 0.1) is 5.92 Å². The topological polar surface area (TPSA) is 82.7 Å². The third kappa shape index (κ3) is 2.30. The third-order valence-corrected chi connectivity index (χ3v) is 4.15. The lowest BCUT2D eigenvalue weighted by molar-refractivity contribution is -0.146. The Morgan fingerprint density at radius 1 is 1.23 bits per heavy atom. The van der Waals surface area contributed by atoms with E-state index >= 15 is 0 Å². The van der Waals surface area contributed by atoms with E-state index in [4.69, 9.17) is 4.74 Å². The van der Waals surface area contributed by atoms with Crippen LogP contribution in [0.25, 0.3) is 0 Å². The number of carbonyl (C=O) groups is 1. The van der Waals surface area contributed by atoms with Crippen molar-refractivity contribution in [2.75, 3.05) is 6.61 Å². The summed E-state index contributed by atoms with van der Waals surface area (Å²) < 4.78 is 7.53. The summed E-state index contributed by atoms with van der Waals surface area (Å²) in [7, 11) is 3.01. The van der Waals surface area contributed by atoms with E-state index in [2.05, 4.69) is 4.99 Å². The molecule has 120 valence electrons. The summed E-state index contributed by atoms with van der Waals surface area (Å²) in [6.07, 6.45) is 0.580. The zero-order valence-corrected chi connectivity index (χ0v) is 13.5. The molecule has 7 nitrogen and oxygen atoms in total. The van der Waals surface area contributed by atoms with Crippen molar-refractivity contribution in [1.29, 1.82) is 0 Å². The fraction of sp³-hybridized carbons (Fsp3) is 0.600. The SMILES string of the molecule is CCOC(=O)C1C(C)=Nc2c(c(=O)n(C)c(=O)n2C)C1CC. The maximum atomic E-state index is 12.5. The van der Waals surface area contributed by atoms with Gasteiger partial charge in [-0.15, -0.1) is 0 Å². The van der Waals surface area contributed by atoms with Gasteiger partial charge in [0.2, 0.25) is 0 Å². The molecule has 0 N–H and O–H groups in total.